The van der Waals surface area contributed by atoms with E-state index in [2.05, 4.69) is 26.5 Å². The fraction of sp³-hybridized carbons (Fsp3) is 0.0455. The number of ether oxygens (including phenoxy) is 2. The first kappa shape index (κ1) is 25.0. The summed E-state index contributed by atoms with van der Waals surface area (Å²) in [6.45, 7) is -0.370. The fourth-order valence-electron chi connectivity index (χ4n) is 2.58. The number of nitrogens with zero attached hydrogens (tertiary/aromatic N) is 3. The molecule has 178 valence electrons. The molecule has 0 unspecified atom stereocenters. The standard InChI is InChI=1S/C22H15BrN4O8/c23-19-11-17(27(32)33)7-10-20(19)34-13-21(28)25-24-12-14-1-8-18(9-2-14)35-22(29)15-3-5-16(6-4-15)26(30)31/h1-12H,13H2,(H,25,28). The van der Waals surface area contributed by atoms with E-state index in [0.29, 0.717) is 10.0 Å². The van der Waals surface area contributed by atoms with Crippen LogP contribution in [0.5, 0.6) is 11.5 Å². The van der Waals surface area contributed by atoms with Crippen LogP contribution in [0.1, 0.15) is 15.9 Å². The number of nitrogens with one attached hydrogen (secondary N) is 1. The zero-order valence-electron chi connectivity index (χ0n) is 17.6. The Morgan fingerprint density at radius 2 is 1.57 bits per heavy atom. The molecule has 1 N–H and O–H groups in total. The molecule has 0 atom stereocenters. The van der Waals surface area contributed by atoms with E-state index in [9.17, 15) is 29.8 Å². The van der Waals surface area contributed by atoms with Gasteiger partial charge in [-0.3, -0.25) is 25.0 Å². The van der Waals surface area contributed by atoms with Gasteiger partial charge in [0.15, 0.2) is 6.61 Å². The monoisotopic (exact) mass is 542 g/mol. The van der Waals surface area contributed by atoms with E-state index in [1.54, 1.807) is 12.1 Å². The molecule has 0 aliphatic heterocycles. The Labute approximate surface area is 205 Å². The normalized spacial score (nSPS) is 10.5. The summed E-state index contributed by atoms with van der Waals surface area (Å²) < 4.78 is 10.9. The molecule has 0 bridgehead atoms. The highest BCUT2D eigenvalue weighted by molar-refractivity contribution is 9.10. The summed E-state index contributed by atoms with van der Waals surface area (Å²) in [6.07, 6.45) is 1.36. The molecule has 0 radical (unpaired) electrons. The zero-order chi connectivity index (χ0) is 25.4. The van der Waals surface area contributed by atoms with Crippen molar-refractivity contribution in [3.05, 3.63) is 103 Å². The van der Waals surface area contributed by atoms with Gasteiger partial charge in [-0.05, 0) is 64.0 Å². The second-order valence-corrected chi connectivity index (χ2v) is 7.57. The predicted molar refractivity (Wildman–Crippen MR) is 127 cm³/mol. The van der Waals surface area contributed by atoms with Crippen LogP contribution in [-0.2, 0) is 4.79 Å². The van der Waals surface area contributed by atoms with Crippen LogP contribution >= 0.6 is 15.9 Å². The molecule has 35 heavy (non-hydrogen) atoms. The molecule has 3 aromatic carbocycles. The van der Waals surface area contributed by atoms with E-state index in [4.69, 9.17) is 9.47 Å². The van der Waals surface area contributed by atoms with Crippen LogP contribution in [0.3, 0.4) is 0 Å². The SMILES string of the molecule is O=C(COc1ccc([N+](=O)[O-])cc1Br)NN=Cc1ccc(OC(=O)c2ccc([N+](=O)[O-])cc2)cc1. The van der Waals surface area contributed by atoms with Crippen LogP contribution in [0.2, 0.25) is 0 Å². The third kappa shape index (κ3) is 7.17. The molecule has 0 saturated carbocycles. The van der Waals surface area contributed by atoms with Crippen molar-refractivity contribution < 1.29 is 28.9 Å². The molecule has 1 amide bonds. The Hall–Kier alpha value is -4.65. The highest BCUT2D eigenvalue weighted by atomic mass is 79.9. The fourth-order valence-corrected chi connectivity index (χ4v) is 3.06. The minimum Gasteiger partial charge on any atom is -0.483 e. The van der Waals surface area contributed by atoms with Crippen LogP contribution < -0.4 is 14.9 Å². The molecule has 3 rings (SSSR count). The molecule has 12 nitrogen and oxygen atoms in total. The molecular formula is C22H15BrN4O8. The average Bonchev–Trinajstić information content (AvgIpc) is 2.84. The largest absolute Gasteiger partial charge is 0.483 e. The average molecular weight is 543 g/mol. The highest BCUT2D eigenvalue weighted by Gasteiger charge is 2.12. The zero-order valence-corrected chi connectivity index (χ0v) is 19.2. The lowest BCUT2D eigenvalue weighted by Gasteiger charge is -2.07. The number of hydrogen-bond acceptors (Lipinski definition) is 9. The van der Waals surface area contributed by atoms with Crippen LogP contribution in [-0.4, -0.2) is 34.5 Å². The van der Waals surface area contributed by atoms with Gasteiger partial charge in [0.05, 0.1) is 26.1 Å². The van der Waals surface area contributed by atoms with E-state index in [1.807, 2.05) is 0 Å². The van der Waals surface area contributed by atoms with Gasteiger partial charge >= 0.3 is 5.97 Å². The Morgan fingerprint density at radius 1 is 0.943 bits per heavy atom. The van der Waals surface area contributed by atoms with Crippen molar-refractivity contribution in [2.45, 2.75) is 0 Å². The number of benzene rings is 3. The van der Waals surface area contributed by atoms with Gasteiger partial charge in [-0.15, -0.1) is 0 Å². The van der Waals surface area contributed by atoms with Gasteiger partial charge in [-0.25, -0.2) is 10.2 Å². The number of hydrogen-bond donors (Lipinski definition) is 1. The third-order valence-electron chi connectivity index (χ3n) is 4.29. The number of carbonyl (C=O) groups excluding carboxylic acids is 2. The van der Waals surface area contributed by atoms with Crippen LogP contribution in [0.4, 0.5) is 11.4 Å². The molecule has 3 aromatic rings. The number of rotatable bonds is 9. The maximum Gasteiger partial charge on any atom is 0.343 e. The summed E-state index contributed by atoms with van der Waals surface area (Å²) >= 11 is 3.14. The van der Waals surface area contributed by atoms with Gasteiger partial charge in [-0.2, -0.15) is 5.10 Å². The molecule has 13 heteroatoms. The number of hydrazone groups is 1. The quantitative estimate of drug-likeness (QED) is 0.139. The van der Waals surface area contributed by atoms with Crippen LogP contribution in [0, 0.1) is 20.2 Å². The Kier molecular flexibility index (Phi) is 8.19. The molecule has 0 saturated heterocycles. The van der Waals surface area contributed by atoms with E-state index in [-0.39, 0.29) is 35.0 Å². The summed E-state index contributed by atoms with van der Waals surface area (Å²) in [5.74, 6) is -0.724. The summed E-state index contributed by atoms with van der Waals surface area (Å²) in [5, 5.41) is 25.2. The van der Waals surface area contributed by atoms with Gasteiger partial charge in [0, 0.05) is 24.3 Å². The van der Waals surface area contributed by atoms with Crippen molar-refractivity contribution in [3.63, 3.8) is 0 Å². The molecule has 0 aromatic heterocycles. The topological polar surface area (TPSA) is 163 Å². The van der Waals surface area contributed by atoms with Crippen LogP contribution in [0.25, 0.3) is 0 Å². The number of carbonyl (C=O) groups is 2. The highest BCUT2D eigenvalue weighted by Crippen LogP contribution is 2.29. The van der Waals surface area contributed by atoms with Gasteiger partial charge in [0.2, 0.25) is 0 Å². The number of halogens is 1. The molecule has 0 aliphatic rings. The van der Waals surface area contributed by atoms with Crippen molar-refractivity contribution in [2.24, 2.45) is 5.10 Å². The first-order valence-corrected chi connectivity index (χ1v) is 10.5. The Bertz CT molecular complexity index is 1290. The van der Waals surface area contributed by atoms with Crippen LogP contribution in [0.15, 0.2) is 76.3 Å². The minimum absolute atomic E-state index is 0.120. The van der Waals surface area contributed by atoms with E-state index in [1.165, 1.54) is 60.8 Å². The minimum atomic E-state index is -0.673. The molecule has 0 fully saturated rings. The number of esters is 1. The van der Waals surface area contributed by atoms with Crippen molar-refractivity contribution >= 4 is 45.4 Å². The molecule has 0 aliphatic carbocycles. The molecule has 0 heterocycles. The van der Waals surface area contributed by atoms with Gasteiger partial charge in [0.25, 0.3) is 17.3 Å². The lowest BCUT2D eigenvalue weighted by molar-refractivity contribution is -0.385. The number of nitro benzene ring substituents is 2. The summed E-state index contributed by atoms with van der Waals surface area (Å²) in [7, 11) is 0. The maximum atomic E-state index is 12.1. The lowest BCUT2D eigenvalue weighted by Crippen LogP contribution is -2.24. The second kappa shape index (κ2) is 11.5. The summed E-state index contributed by atoms with van der Waals surface area (Å²) in [6, 6.07) is 15.1. The lowest BCUT2D eigenvalue weighted by atomic mass is 10.2. The van der Waals surface area contributed by atoms with Gasteiger partial charge < -0.3 is 9.47 Å². The van der Waals surface area contributed by atoms with Crippen molar-refractivity contribution in [1.29, 1.82) is 0 Å². The summed E-state index contributed by atoms with van der Waals surface area (Å²) in [5.41, 5.74) is 2.78. The van der Waals surface area contributed by atoms with Crippen molar-refractivity contribution in [2.75, 3.05) is 6.61 Å². The van der Waals surface area contributed by atoms with Crippen molar-refractivity contribution in [3.8, 4) is 11.5 Å². The number of nitro groups is 2. The van der Waals surface area contributed by atoms with Crippen molar-refractivity contribution in [1.82, 2.24) is 5.43 Å². The third-order valence-corrected chi connectivity index (χ3v) is 4.91. The smallest absolute Gasteiger partial charge is 0.343 e. The second-order valence-electron chi connectivity index (χ2n) is 6.72. The Morgan fingerprint density at radius 3 is 2.17 bits per heavy atom. The maximum absolute atomic E-state index is 12.1. The summed E-state index contributed by atoms with van der Waals surface area (Å²) in [4.78, 5) is 44.3. The molecule has 0 spiro atoms. The Balaban J connectivity index is 1.47. The van der Waals surface area contributed by atoms with E-state index < -0.39 is 21.7 Å². The number of amides is 1. The first-order valence-electron chi connectivity index (χ1n) is 9.68. The van der Waals surface area contributed by atoms with E-state index >= 15 is 0 Å². The number of non-ortho nitro benzene ring substituents is 2. The van der Waals surface area contributed by atoms with E-state index in [0.717, 1.165) is 0 Å². The van der Waals surface area contributed by atoms with Gasteiger partial charge in [-0.1, -0.05) is 0 Å². The molecular weight excluding hydrogens is 528 g/mol. The first-order chi connectivity index (χ1) is 16.7. The predicted octanol–water partition coefficient (Wildman–Crippen LogP) is 4.01. The van der Waals surface area contributed by atoms with Gasteiger partial charge in [0.1, 0.15) is 11.5 Å².